The zero-order chi connectivity index (χ0) is 14.0. The predicted octanol–water partition coefficient (Wildman–Crippen LogP) is 2.68. The number of benzene rings is 1. The Kier molecular flexibility index (Phi) is 4.42. The molecule has 2 atom stereocenters. The molecule has 2 rings (SSSR count). The van der Waals surface area contributed by atoms with Gasteiger partial charge in [0, 0.05) is 19.1 Å². The molecule has 1 amide bonds. The van der Waals surface area contributed by atoms with Crippen molar-refractivity contribution in [2.24, 2.45) is 11.7 Å². The Morgan fingerprint density at radius 1 is 1.53 bits per heavy atom. The lowest BCUT2D eigenvalue weighted by Crippen LogP contribution is -2.32. The van der Waals surface area contributed by atoms with E-state index in [1.165, 1.54) is 12.1 Å². The van der Waals surface area contributed by atoms with Crippen LogP contribution in [-0.2, 0) is 0 Å². The van der Waals surface area contributed by atoms with Crippen LogP contribution in [0.1, 0.15) is 30.1 Å². The zero-order valence-electron chi connectivity index (χ0n) is 10.9. The van der Waals surface area contributed by atoms with Gasteiger partial charge in [-0.3, -0.25) is 4.79 Å². The van der Waals surface area contributed by atoms with E-state index in [-0.39, 0.29) is 22.5 Å². The molecule has 2 N–H and O–H groups in total. The van der Waals surface area contributed by atoms with Crippen LogP contribution in [0.3, 0.4) is 0 Å². The molecular weight excluding hydrogens is 267 g/mol. The third-order valence-corrected chi connectivity index (χ3v) is 3.91. The topological polar surface area (TPSA) is 46.3 Å². The van der Waals surface area contributed by atoms with Crippen molar-refractivity contribution in [3.63, 3.8) is 0 Å². The molecule has 1 heterocycles. The summed E-state index contributed by atoms with van der Waals surface area (Å²) in [4.78, 5) is 13.9. The molecule has 1 aromatic carbocycles. The summed E-state index contributed by atoms with van der Waals surface area (Å²) in [7, 11) is 0. The number of nitrogens with zero attached hydrogens (tertiary/aromatic N) is 1. The highest BCUT2D eigenvalue weighted by Gasteiger charge is 2.33. The van der Waals surface area contributed by atoms with Gasteiger partial charge in [0.2, 0.25) is 0 Å². The molecule has 5 heteroatoms. The monoisotopic (exact) mass is 284 g/mol. The van der Waals surface area contributed by atoms with Gasteiger partial charge in [0.25, 0.3) is 5.91 Å². The van der Waals surface area contributed by atoms with E-state index in [0.717, 1.165) is 12.8 Å². The Morgan fingerprint density at radius 2 is 2.26 bits per heavy atom. The van der Waals surface area contributed by atoms with E-state index in [1.54, 1.807) is 11.0 Å². The van der Waals surface area contributed by atoms with Gasteiger partial charge in [0.1, 0.15) is 0 Å². The maximum Gasteiger partial charge on any atom is 0.256 e. The molecule has 0 spiro atoms. The SMILES string of the molecule is CCC[C@@H]1CN(C(=O)c2cccc(Cl)c2F)C[C@H]1N. The van der Waals surface area contributed by atoms with Crippen LogP contribution in [0.25, 0.3) is 0 Å². The first-order valence-corrected chi connectivity index (χ1v) is 6.91. The van der Waals surface area contributed by atoms with Crippen LogP contribution < -0.4 is 5.73 Å². The molecule has 0 unspecified atom stereocenters. The molecular formula is C14H18ClFN2O. The number of hydrogen-bond acceptors (Lipinski definition) is 2. The fourth-order valence-electron chi connectivity index (χ4n) is 2.58. The summed E-state index contributed by atoms with van der Waals surface area (Å²) in [6, 6.07) is 4.45. The fourth-order valence-corrected chi connectivity index (χ4v) is 2.75. The Morgan fingerprint density at radius 3 is 2.95 bits per heavy atom. The van der Waals surface area contributed by atoms with E-state index in [4.69, 9.17) is 17.3 Å². The van der Waals surface area contributed by atoms with Crippen molar-refractivity contribution in [1.82, 2.24) is 4.90 Å². The number of carbonyl (C=O) groups is 1. The number of carbonyl (C=O) groups excluding carboxylic acids is 1. The minimum absolute atomic E-state index is 0.0221. The minimum atomic E-state index is -0.651. The van der Waals surface area contributed by atoms with Crippen LogP contribution in [0.4, 0.5) is 4.39 Å². The molecule has 1 aromatic rings. The van der Waals surface area contributed by atoms with Crippen molar-refractivity contribution in [2.75, 3.05) is 13.1 Å². The molecule has 1 saturated heterocycles. The molecule has 0 radical (unpaired) electrons. The molecule has 3 nitrogen and oxygen atoms in total. The van der Waals surface area contributed by atoms with Crippen LogP contribution in [0.5, 0.6) is 0 Å². The lowest BCUT2D eigenvalue weighted by Gasteiger charge is -2.16. The molecule has 1 fully saturated rings. The van der Waals surface area contributed by atoms with Crippen molar-refractivity contribution in [2.45, 2.75) is 25.8 Å². The van der Waals surface area contributed by atoms with Gasteiger partial charge in [-0.05, 0) is 24.5 Å². The van der Waals surface area contributed by atoms with Gasteiger partial charge >= 0.3 is 0 Å². The number of nitrogens with two attached hydrogens (primary N) is 1. The summed E-state index contributed by atoms with van der Waals surface area (Å²) in [5.74, 6) is -0.674. The summed E-state index contributed by atoms with van der Waals surface area (Å²) in [5, 5.41) is -0.0283. The first kappa shape index (κ1) is 14.3. The Balaban J connectivity index is 2.15. The van der Waals surface area contributed by atoms with Crippen molar-refractivity contribution in [1.29, 1.82) is 0 Å². The molecule has 0 bridgehead atoms. The number of rotatable bonds is 3. The van der Waals surface area contributed by atoms with Crippen molar-refractivity contribution < 1.29 is 9.18 Å². The molecule has 19 heavy (non-hydrogen) atoms. The van der Waals surface area contributed by atoms with Gasteiger partial charge in [-0.25, -0.2) is 4.39 Å². The Hall–Kier alpha value is -1.13. The molecule has 1 aliphatic rings. The molecule has 104 valence electrons. The summed E-state index contributed by atoms with van der Waals surface area (Å²) in [6.45, 7) is 3.17. The molecule has 0 aromatic heterocycles. The van der Waals surface area contributed by atoms with E-state index in [2.05, 4.69) is 6.92 Å². The average Bonchev–Trinajstić information content (AvgIpc) is 2.74. The second kappa shape index (κ2) is 5.88. The highest BCUT2D eigenvalue weighted by atomic mass is 35.5. The second-order valence-electron chi connectivity index (χ2n) is 5.02. The first-order chi connectivity index (χ1) is 9.04. The highest BCUT2D eigenvalue weighted by Crippen LogP contribution is 2.24. The van der Waals surface area contributed by atoms with Crippen LogP contribution in [0.15, 0.2) is 18.2 Å². The predicted molar refractivity (Wildman–Crippen MR) is 73.7 cm³/mol. The lowest BCUT2D eigenvalue weighted by molar-refractivity contribution is 0.0781. The van der Waals surface area contributed by atoms with Crippen molar-refractivity contribution in [3.05, 3.63) is 34.6 Å². The lowest BCUT2D eigenvalue weighted by atomic mass is 9.99. The number of hydrogen-bond donors (Lipinski definition) is 1. The normalized spacial score (nSPS) is 22.8. The third-order valence-electron chi connectivity index (χ3n) is 3.62. The second-order valence-corrected chi connectivity index (χ2v) is 5.43. The van der Waals surface area contributed by atoms with Crippen molar-refractivity contribution >= 4 is 17.5 Å². The van der Waals surface area contributed by atoms with E-state index >= 15 is 0 Å². The van der Waals surface area contributed by atoms with E-state index in [1.807, 2.05) is 0 Å². The largest absolute Gasteiger partial charge is 0.337 e. The standard InChI is InChI=1S/C14H18ClFN2O/c1-2-4-9-7-18(8-12(9)17)14(19)10-5-3-6-11(15)13(10)16/h3,5-6,9,12H,2,4,7-8,17H2,1H3/t9-,12-/m1/s1. The van der Waals surface area contributed by atoms with Gasteiger partial charge in [-0.2, -0.15) is 0 Å². The van der Waals surface area contributed by atoms with Gasteiger partial charge in [-0.1, -0.05) is 31.0 Å². The summed E-state index contributed by atoms with van der Waals surface area (Å²) in [6.07, 6.45) is 2.02. The maximum absolute atomic E-state index is 13.8. The first-order valence-electron chi connectivity index (χ1n) is 6.53. The maximum atomic E-state index is 13.8. The average molecular weight is 285 g/mol. The van der Waals surface area contributed by atoms with Crippen molar-refractivity contribution in [3.8, 4) is 0 Å². The number of amides is 1. The van der Waals surface area contributed by atoms with E-state index < -0.39 is 5.82 Å². The summed E-state index contributed by atoms with van der Waals surface area (Å²) < 4.78 is 13.8. The molecule has 0 aliphatic carbocycles. The van der Waals surface area contributed by atoms with Gasteiger partial charge in [-0.15, -0.1) is 0 Å². The van der Waals surface area contributed by atoms with Crippen LogP contribution in [-0.4, -0.2) is 29.9 Å². The van der Waals surface area contributed by atoms with E-state index in [0.29, 0.717) is 19.0 Å². The Bertz CT molecular complexity index is 481. The minimum Gasteiger partial charge on any atom is -0.337 e. The number of likely N-dealkylation sites (tertiary alicyclic amines) is 1. The van der Waals surface area contributed by atoms with Crippen LogP contribution in [0, 0.1) is 11.7 Å². The third kappa shape index (κ3) is 2.90. The quantitative estimate of drug-likeness (QED) is 0.927. The summed E-state index contributed by atoms with van der Waals surface area (Å²) >= 11 is 5.70. The molecule has 1 aliphatic heterocycles. The van der Waals surface area contributed by atoms with Gasteiger partial charge < -0.3 is 10.6 Å². The van der Waals surface area contributed by atoms with Gasteiger partial charge in [0.05, 0.1) is 10.6 Å². The number of halogens is 2. The molecule has 0 saturated carbocycles. The fraction of sp³-hybridized carbons (Fsp3) is 0.500. The van der Waals surface area contributed by atoms with Crippen LogP contribution in [0.2, 0.25) is 5.02 Å². The zero-order valence-corrected chi connectivity index (χ0v) is 11.7. The smallest absolute Gasteiger partial charge is 0.256 e. The summed E-state index contributed by atoms with van der Waals surface area (Å²) in [5.41, 5.74) is 6.05. The highest BCUT2D eigenvalue weighted by molar-refractivity contribution is 6.31. The van der Waals surface area contributed by atoms with Crippen LogP contribution >= 0.6 is 11.6 Å². The van der Waals surface area contributed by atoms with Gasteiger partial charge in [0.15, 0.2) is 5.82 Å². The van der Waals surface area contributed by atoms with E-state index in [9.17, 15) is 9.18 Å². The Labute approximate surface area is 117 Å².